The molecular weight excluding hydrogens is 333 g/mol. The van der Waals surface area contributed by atoms with Crippen molar-refractivity contribution in [2.24, 2.45) is 5.92 Å². The number of carbonyl (C=O) groups is 1. The summed E-state index contributed by atoms with van der Waals surface area (Å²) in [5.74, 6) is -1.42. The van der Waals surface area contributed by atoms with Crippen LogP contribution in [0.2, 0.25) is 0 Å². The Balaban J connectivity index is 5.52. The van der Waals surface area contributed by atoms with Gasteiger partial charge in [-0.1, -0.05) is 20.8 Å². The fraction of sp³-hybridized carbons (Fsp3) is 0.938. The van der Waals surface area contributed by atoms with Gasteiger partial charge in [0.1, 0.15) is 6.04 Å². The van der Waals surface area contributed by atoms with Crippen LogP contribution in [0.4, 0.5) is 0 Å². The van der Waals surface area contributed by atoms with Gasteiger partial charge in [0.2, 0.25) is 6.03 Å². The number of carboxylic acids is 1. The lowest BCUT2D eigenvalue weighted by Crippen LogP contribution is -2.45. The molecule has 0 aliphatic rings. The van der Waals surface area contributed by atoms with Crippen LogP contribution in [0.15, 0.2) is 0 Å². The lowest BCUT2D eigenvalue weighted by molar-refractivity contribution is -0.140. The topological polar surface area (TPSA) is 94.1 Å². The highest BCUT2D eigenvalue weighted by molar-refractivity contribution is 7.60. The molecule has 0 radical (unpaired) electrons. The van der Waals surface area contributed by atoms with Gasteiger partial charge in [-0.05, 0) is 39.5 Å². The van der Waals surface area contributed by atoms with E-state index in [1.165, 1.54) is 0 Å². The second kappa shape index (κ2) is 12.0. The Morgan fingerprint density at radius 2 is 1.62 bits per heavy atom. The number of aliphatic carboxylic acids is 1. The quantitative estimate of drug-likeness (QED) is 0.358. The number of rotatable bonds is 14. The Morgan fingerprint density at radius 1 is 1.08 bits per heavy atom. The normalized spacial score (nSPS) is 17.0. The van der Waals surface area contributed by atoms with Crippen LogP contribution in [0.3, 0.4) is 0 Å². The van der Waals surface area contributed by atoms with Gasteiger partial charge < -0.3 is 19.1 Å². The highest BCUT2D eigenvalue weighted by atomic mass is 31.2. The highest BCUT2D eigenvalue weighted by Gasteiger charge is 2.44. The lowest BCUT2D eigenvalue weighted by Gasteiger charge is -2.34. The third-order valence-corrected chi connectivity index (χ3v) is 6.39. The molecule has 144 valence electrons. The molecule has 8 heteroatoms. The summed E-state index contributed by atoms with van der Waals surface area (Å²) in [6.07, 6.45) is 0.877. The molecular formula is C16H34NO6P. The number of hydrogen-bond acceptors (Lipinski definition) is 6. The average molecular weight is 367 g/mol. The van der Waals surface area contributed by atoms with E-state index in [0.29, 0.717) is 26.1 Å². The van der Waals surface area contributed by atoms with E-state index < -0.39 is 31.2 Å². The monoisotopic (exact) mass is 367 g/mol. The van der Waals surface area contributed by atoms with Crippen LogP contribution < -0.4 is 5.32 Å². The first-order chi connectivity index (χ1) is 11.3. The van der Waals surface area contributed by atoms with Crippen molar-refractivity contribution in [1.29, 1.82) is 0 Å². The summed E-state index contributed by atoms with van der Waals surface area (Å²) in [4.78, 5) is 11.5. The zero-order valence-corrected chi connectivity index (χ0v) is 16.7. The standard InChI is InChI=1S/C16H34NO6P/c1-7-14(17-13(15(18)19)11-12(5)6)24(20,23-10-4)16(21-8-2)22-9-3/h12-14,16-17H,7-11H2,1-6H3,(H,18,19)/t13-,14-,24+/m0/s1. The van der Waals surface area contributed by atoms with Gasteiger partial charge in [0.25, 0.3) is 7.37 Å². The van der Waals surface area contributed by atoms with Crippen LogP contribution in [-0.2, 0) is 23.4 Å². The van der Waals surface area contributed by atoms with Gasteiger partial charge >= 0.3 is 5.97 Å². The van der Waals surface area contributed by atoms with Gasteiger partial charge in [-0.3, -0.25) is 14.7 Å². The zero-order valence-electron chi connectivity index (χ0n) is 15.8. The summed E-state index contributed by atoms with van der Waals surface area (Å²) in [6.45, 7) is 11.9. The minimum Gasteiger partial charge on any atom is -0.480 e. The minimum atomic E-state index is -3.43. The van der Waals surface area contributed by atoms with E-state index in [9.17, 15) is 14.5 Å². The van der Waals surface area contributed by atoms with Crippen molar-refractivity contribution in [3.63, 3.8) is 0 Å². The molecule has 0 rings (SSSR count). The molecule has 0 unspecified atom stereocenters. The summed E-state index contributed by atoms with van der Waals surface area (Å²) in [5, 5.41) is 12.5. The minimum absolute atomic E-state index is 0.192. The number of hydrogen-bond donors (Lipinski definition) is 2. The van der Waals surface area contributed by atoms with Crippen LogP contribution in [-0.4, -0.2) is 48.8 Å². The Bertz CT molecular complexity index is 398. The molecule has 0 bridgehead atoms. The summed E-state index contributed by atoms with van der Waals surface area (Å²) in [6, 6.07) is -1.80. The molecule has 0 aliphatic carbocycles. The van der Waals surface area contributed by atoms with Crippen molar-refractivity contribution in [2.75, 3.05) is 19.8 Å². The molecule has 24 heavy (non-hydrogen) atoms. The molecule has 0 heterocycles. The Hall–Kier alpha value is -0.460. The van der Waals surface area contributed by atoms with Crippen molar-refractivity contribution in [1.82, 2.24) is 5.32 Å². The van der Waals surface area contributed by atoms with Gasteiger partial charge in [0.15, 0.2) is 0 Å². The Labute approximate surface area is 145 Å². The molecule has 0 fully saturated rings. The van der Waals surface area contributed by atoms with Gasteiger partial charge in [-0.15, -0.1) is 0 Å². The fourth-order valence-electron chi connectivity index (χ4n) is 2.46. The lowest BCUT2D eigenvalue weighted by atomic mass is 10.0. The maximum atomic E-state index is 13.5. The first kappa shape index (κ1) is 23.5. The molecule has 0 spiro atoms. The summed E-state index contributed by atoms with van der Waals surface area (Å²) >= 11 is 0. The molecule has 0 saturated carbocycles. The van der Waals surface area contributed by atoms with Crippen LogP contribution in [0.25, 0.3) is 0 Å². The number of ether oxygens (including phenoxy) is 2. The molecule has 0 aromatic carbocycles. The highest BCUT2D eigenvalue weighted by Crippen LogP contribution is 2.57. The van der Waals surface area contributed by atoms with Crippen molar-refractivity contribution in [2.45, 2.75) is 72.2 Å². The third kappa shape index (κ3) is 7.19. The Morgan fingerprint density at radius 3 is 1.96 bits per heavy atom. The van der Waals surface area contributed by atoms with Crippen molar-refractivity contribution in [3.05, 3.63) is 0 Å². The molecule has 2 N–H and O–H groups in total. The van der Waals surface area contributed by atoms with E-state index in [1.54, 1.807) is 20.8 Å². The molecule has 7 nitrogen and oxygen atoms in total. The van der Waals surface area contributed by atoms with Gasteiger partial charge in [0, 0.05) is 13.2 Å². The molecule has 3 atom stereocenters. The smallest absolute Gasteiger partial charge is 0.320 e. The zero-order chi connectivity index (χ0) is 18.8. The van der Waals surface area contributed by atoms with E-state index in [4.69, 9.17) is 14.0 Å². The SMILES string of the molecule is CCOC(OCC)[P@](=O)(OCC)[C@@H](CC)N[C@@H](CC(C)C)C(=O)O. The molecule has 0 aromatic heterocycles. The summed E-state index contributed by atoms with van der Waals surface area (Å²) in [5.41, 5.74) is 0. The predicted molar refractivity (Wildman–Crippen MR) is 94.4 cm³/mol. The van der Waals surface area contributed by atoms with Crippen molar-refractivity contribution < 1.29 is 28.5 Å². The van der Waals surface area contributed by atoms with Crippen molar-refractivity contribution in [3.8, 4) is 0 Å². The van der Waals surface area contributed by atoms with Gasteiger partial charge in [-0.2, -0.15) is 0 Å². The number of nitrogens with one attached hydrogen (secondary N) is 1. The maximum absolute atomic E-state index is 13.5. The summed E-state index contributed by atoms with van der Waals surface area (Å²) in [7, 11) is -3.43. The van der Waals surface area contributed by atoms with Crippen LogP contribution in [0, 0.1) is 5.92 Å². The largest absolute Gasteiger partial charge is 0.480 e. The second-order valence-corrected chi connectivity index (χ2v) is 8.49. The molecule has 0 saturated heterocycles. The predicted octanol–water partition coefficient (Wildman–Crippen LogP) is 3.48. The van der Waals surface area contributed by atoms with Gasteiger partial charge in [0.05, 0.1) is 12.4 Å². The molecule has 0 amide bonds. The maximum Gasteiger partial charge on any atom is 0.320 e. The van der Waals surface area contributed by atoms with Gasteiger partial charge in [-0.25, -0.2) is 0 Å². The van der Waals surface area contributed by atoms with Crippen LogP contribution in [0.1, 0.15) is 54.4 Å². The average Bonchev–Trinajstić information content (AvgIpc) is 2.50. The first-order valence-corrected chi connectivity index (χ1v) is 10.5. The van der Waals surface area contributed by atoms with E-state index in [-0.39, 0.29) is 12.5 Å². The molecule has 0 aromatic rings. The number of carboxylic acid groups (broad SMARTS) is 1. The van der Waals surface area contributed by atoms with Crippen LogP contribution >= 0.6 is 7.37 Å². The first-order valence-electron chi connectivity index (χ1n) is 8.72. The third-order valence-electron chi connectivity index (χ3n) is 3.46. The fourth-order valence-corrected chi connectivity index (χ4v) is 5.07. The summed E-state index contributed by atoms with van der Waals surface area (Å²) < 4.78 is 30.1. The van der Waals surface area contributed by atoms with E-state index in [0.717, 1.165) is 0 Å². The Kier molecular flexibility index (Phi) is 11.8. The van der Waals surface area contributed by atoms with E-state index >= 15 is 0 Å². The van der Waals surface area contributed by atoms with E-state index in [1.807, 2.05) is 20.8 Å². The van der Waals surface area contributed by atoms with Crippen LogP contribution in [0.5, 0.6) is 0 Å². The van der Waals surface area contributed by atoms with Crippen molar-refractivity contribution >= 4 is 13.3 Å². The second-order valence-electron chi connectivity index (χ2n) is 5.89. The van der Waals surface area contributed by atoms with E-state index in [2.05, 4.69) is 5.32 Å². The molecule has 0 aliphatic heterocycles.